The summed E-state index contributed by atoms with van der Waals surface area (Å²) in [5, 5.41) is 4.58. The molecular formula is C11H19N3S. The van der Waals surface area contributed by atoms with Gasteiger partial charge in [-0.2, -0.15) is 5.10 Å². The number of hydrazone groups is 1. The van der Waals surface area contributed by atoms with Gasteiger partial charge in [-0.1, -0.05) is 20.8 Å². The second-order valence-corrected chi connectivity index (χ2v) is 5.87. The number of fused-ring (bicyclic) bond motifs is 2. The van der Waals surface area contributed by atoms with Crippen molar-refractivity contribution >= 4 is 23.0 Å². The summed E-state index contributed by atoms with van der Waals surface area (Å²) in [4.78, 5) is 0. The van der Waals surface area contributed by atoms with Gasteiger partial charge in [0.1, 0.15) is 0 Å². The van der Waals surface area contributed by atoms with Crippen LogP contribution in [0.5, 0.6) is 0 Å². The van der Waals surface area contributed by atoms with Gasteiger partial charge in [0.15, 0.2) is 5.11 Å². The van der Waals surface area contributed by atoms with E-state index in [1.807, 2.05) is 0 Å². The number of nitrogens with zero attached hydrogens (tertiary/aromatic N) is 1. The molecule has 0 aromatic heterocycles. The Bertz CT molecular complexity index is 318. The molecule has 0 saturated heterocycles. The Morgan fingerprint density at radius 2 is 2.27 bits per heavy atom. The lowest BCUT2D eigenvalue weighted by Gasteiger charge is -2.36. The van der Waals surface area contributed by atoms with E-state index in [-0.39, 0.29) is 5.11 Å². The smallest absolute Gasteiger partial charge is 0.184 e. The molecule has 84 valence electrons. The summed E-state index contributed by atoms with van der Waals surface area (Å²) in [5.41, 5.74) is 9.82. The van der Waals surface area contributed by atoms with E-state index in [0.717, 1.165) is 12.3 Å². The maximum atomic E-state index is 5.37. The molecule has 0 aliphatic heterocycles. The molecule has 2 rings (SSSR count). The van der Waals surface area contributed by atoms with Crippen molar-refractivity contribution in [3.8, 4) is 0 Å². The molecule has 0 aromatic carbocycles. The topological polar surface area (TPSA) is 50.4 Å². The summed E-state index contributed by atoms with van der Waals surface area (Å²) >= 11 is 4.75. The normalized spacial score (nSPS) is 39.7. The van der Waals surface area contributed by atoms with E-state index in [9.17, 15) is 0 Å². The molecule has 2 fully saturated rings. The highest BCUT2D eigenvalue weighted by molar-refractivity contribution is 7.80. The van der Waals surface area contributed by atoms with Crippen LogP contribution in [-0.4, -0.2) is 10.8 Å². The van der Waals surface area contributed by atoms with Crippen molar-refractivity contribution in [2.75, 3.05) is 0 Å². The van der Waals surface area contributed by atoms with Crippen molar-refractivity contribution < 1.29 is 0 Å². The Balaban J connectivity index is 2.12. The van der Waals surface area contributed by atoms with E-state index in [0.29, 0.717) is 17.3 Å². The quantitative estimate of drug-likeness (QED) is 0.529. The van der Waals surface area contributed by atoms with Gasteiger partial charge in [0.05, 0.1) is 0 Å². The molecule has 3 atom stereocenters. The molecule has 2 aliphatic carbocycles. The Morgan fingerprint density at radius 1 is 1.60 bits per heavy atom. The van der Waals surface area contributed by atoms with Crippen molar-refractivity contribution in [1.82, 2.24) is 5.43 Å². The Morgan fingerprint density at radius 3 is 2.73 bits per heavy atom. The SMILES string of the molecule is C[C@@H]1[C@@H]2C[C@@H](C/C2=N\NC(N)=S)C1(C)C. The lowest BCUT2D eigenvalue weighted by atomic mass is 9.69. The van der Waals surface area contributed by atoms with E-state index in [4.69, 9.17) is 18.0 Å². The largest absolute Gasteiger partial charge is 0.375 e. The summed E-state index contributed by atoms with van der Waals surface area (Å²) in [6.07, 6.45) is 2.39. The lowest BCUT2D eigenvalue weighted by Crippen LogP contribution is -2.35. The summed E-state index contributed by atoms with van der Waals surface area (Å²) in [6, 6.07) is 0. The van der Waals surface area contributed by atoms with Crippen LogP contribution in [0.15, 0.2) is 5.10 Å². The first kappa shape index (κ1) is 10.9. The molecule has 0 heterocycles. The van der Waals surface area contributed by atoms with E-state index in [1.165, 1.54) is 12.1 Å². The second-order valence-electron chi connectivity index (χ2n) is 5.43. The molecule has 2 aliphatic rings. The van der Waals surface area contributed by atoms with E-state index in [1.54, 1.807) is 0 Å². The zero-order valence-corrected chi connectivity index (χ0v) is 10.4. The molecule has 4 heteroatoms. The zero-order chi connectivity index (χ0) is 11.2. The molecule has 15 heavy (non-hydrogen) atoms. The van der Waals surface area contributed by atoms with Gasteiger partial charge in [0.25, 0.3) is 0 Å². The molecule has 2 saturated carbocycles. The summed E-state index contributed by atoms with van der Waals surface area (Å²) in [6.45, 7) is 7.08. The Labute approximate surface area is 96.5 Å². The van der Waals surface area contributed by atoms with Gasteiger partial charge in [-0.05, 0) is 42.3 Å². The van der Waals surface area contributed by atoms with E-state index in [2.05, 4.69) is 31.3 Å². The van der Waals surface area contributed by atoms with Gasteiger partial charge >= 0.3 is 0 Å². The first-order valence-electron chi connectivity index (χ1n) is 5.55. The highest BCUT2D eigenvalue weighted by atomic mass is 32.1. The third-order valence-corrected chi connectivity index (χ3v) is 4.65. The summed E-state index contributed by atoms with van der Waals surface area (Å²) < 4.78 is 0. The van der Waals surface area contributed by atoms with Crippen molar-refractivity contribution in [2.45, 2.75) is 33.6 Å². The average molecular weight is 225 g/mol. The summed E-state index contributed by atoms with van der Waals surface area (Å²) in [7, 11) is 0. The maximum Gasteiger partial charge on any atom is 0.184 e. The van der Waals surface area contributed by atoms with Gasteiger partial charge in [0, 0.05) is 11.6 Å². The maximum absolute atomic E-state index is 5.37. The van der Waals surface area contributed by atoms with Gasteiger partial charge in [-0.3, -0.25) is 5.43 Å². The Hall–Kier alpha value is -0.640. The molecule has 0 spiro atoms. The van der Waals surface area contributed by atoms with Crippen LogP contribution in [0.25, 0.3) is 0 Å². The number of nitrogens with one attached hydrogen (secondary N) is 1. The molecule has 0 radical (unpaired) electrons. The number of thiocarbonyl (C=S) groups is 1. The van der Waals surface area contributed by atoms with Crippen molar-refractivity contribution in [3.05, 3.63) is 0 Å². The van der Waals surface area contributed by atoms with Crippen LogP contribution >= 0.6 is 12.2 Å². The molecule has 0 aromatic rings. The third-order valence-electron chi connectivity index (χ3n) is 4.56. The molecule has 0 unspecified atom stereocenters. The lowest BCUT2D eigenvalue weighted by molar-refractivity contribution is 0.182. The molecule has 2 bridgehead atoms. The van der Waals surface area contributed by atoms with Crippen LogP contribution in [0.3, 0.4) is 0 Å². The van der Waals surface area contributed by atoms with Crippen LogP contribution in [-0.2, 0) is 0 Å². The monoisotopic (exact) mass is 225 g/mol. The van der Waals surface area contributed by atoms with Gasteiger partial charge in [-0.25, -0.2) is 0 Å². The number of nitrogens with two attached hydrogens (primary N) is 1. The van der Waals surface area contributed by atoms with E-state index < -0.39 is 0 Å². The average Bonchev–Trinajstić information content (AvgIpc) is 2.64. The Kier molecular flexibility index (Phi) is 2.49. The minimum absolute atomic E-state index is 0.261. The fourth-order valence-corrected chi connectivity index (χ4v) is 3.18. The van der Waals surface area contributed by atoms with Crippen LogP contribution in [0.4, 0.5) is 0 Å². The number of rotatable bonds is 1. The van der Waals surface area contributed by atoms with Crippen molar-refractivity contribution in [3.63, 3.8) is 0 Å². The first-order chi connectivity index (χ1) is 6.93. The van der Waals surface area contributed by atoms with Crippen LogP contribution in [0, 0.1) is 23.2 Å². The fraction of sp³-hybridized carbons (Fsp3) is 0.818. The zero-order valence-electron chi connectivity index (χ0n) is 9.58. The predicted molar refractivity (Wildman–Crippen MR) is 66.5 cm³/mol. The van der Waals surface area contributed by atoms with Crippen molar-refractivity contribution in [2.24, 2.45) is 34.0 Å². The standard InChI is InChI=1S/C11H19N3S/c1-6-8-4-7(11(6,2)3)5-9(8)13-14-10(12)15/h6-8H,4-5H2,1-3H3,(H3,12,14,15)/b13-9+/t6-,7+,8+/m1/s1. The second kappa shape index (κ2) is 3.44. The van der Waals surface area contributed by atoms with Crippen LogP contribution in [0.1, 0.15) is 33.6 Å². The van der Waals surface area contributed by atoms with Gasteiger partial charge < -0.3 is 5.73 Å². The van der Waals surface area contributed by atoms with E-state index >= 15 is 0 Å². The van der Waals surface area contributed by atoms with Crippen LogP contribution in [0.2, 0.25) is 0 Å². The molecule has 3 nitrogen and oxygen atoms in total. The highest BCUT2D eigenvalue weighted by Crippen LogP contribution is 2.57. The fourth-order valence-electron chi connectivity index (χ4n) is 3.13. The minimum Gasteiger partial charge on any atom is -0.375 e. The molecule has 0 amide bonds. The van der Waals surface area contributed by atoms with Crippen molar-refractivity contribution in [1.29, 1.82) is 0 Å². The van der Waals surface area contributed by atoms with Gasteiger partial charge in [-0.15, -0.1) is 0 Å². The summed E-state index contributed by atoms with van der Waals surface area (Å²) in [5.74, 6) is 2.12. The number of hydrogen-bond donors (Lipinski definition) is 2. The van der Waals surface area contributed by atoms with Crippen LogP contribution < -0.4 is 11.2 Å². The minimum atomic E-state index is 0.261. The highest BCUT2D eigenvalue weighted by Gasteiger charge is 2.53. The molecule has 3 N–H and O–H groups in total. The number of hydrogen-bond acceptors (Lipinski definition) is 2. The third kappa shape index (κ3) is 1.65. The predicted octanol–water partition coefficient (Wildman–Crippen LogP) is 1.88. The van der Waals surface area contributed by atoms with Gasteiger partial charge in [0.2, 0.25) is 0 Å². The molecular weight excluding hydrogens is 206 g/mol. The first-order valence-corrected chi connectivity index (χ1v) is 5.95.